The highest BCUT2D eigenvalue weighted by molar-refractivity contribution is 9.08. The third-order valence-corrected chi connectivity index (χ3v) is 2.62. The highest BCUT2D eigenvalue weighted by Crippen LogP contribution is 2.25. The average molecular weight is 286 g/mol. The van der Waals surface area contributed by atoms with E-state index >= 15 is 0 Å². The number of aliphatic carboxylic acids is 1. The molecule has 1 unspecified atom stereocenters. The molecule has 0 aliphatic rings. The molecule has 0 fully saturated rings. The Bertz CT molecular complexity index is 537. The van der Waals surface area contributed by atoms with Crippen LogP contribution in [-0.2, 0) is 10.1 Å². The number of carbonyl (C=O) groups is 1. The Labute approximate surface area is 98.8 Å². The lowest BCUT2D eigenvalue weighted by Crippen LogP contribution is -2.10. The zero-order valence-electron chi connectivity index (χ0n) is 8.05. The molecule has 0 radical (unpaired) electrons. The maximum atomic E-state index is 10.7. The molecule has 1 heterocycles. The van der Waals surface area contributed by atoms with Gasteiger partial charge < -0.3 is 14.6 Å². The highest BCUT2D eigenvalue weighted by Gasteiger charge is 2.21. The van der Waals surface area contributed by atoms with Gasteiger partial charge >= 0.3 is 5.97 Å². The van der Waals surface area contributed by atoms with Crippen LogP contribution in [0.15, 0.2) is 22.6 Å². The van der Waals surface area contributed by atoms with Gasteiger partial charge in [0, 0.05) is 5.56 Å². The summed E-state index contributed by atoms with van der Waals surface area (Å²) in [7, 11) is 0. The second kappa shape index (κ2) is 4.23. The molecule has 0 amide bonds. The Morgan fingerprint density at radius 2 is 2.31 bits per heavy atom. The molecule has 1 aromatic heterocycles. The van der Waals surface area contributed by atoms with E-state index in [1.54, 1.807) is 12.1 Å². The van der Waals surface area contributed by atoms with Crippen molar-refractivity contribution in [3.05, 3.63) is 29.7 Å². The Morgan fingerprint density at radius 1 is 1.56 bits per heavy atom. The highest BCUT2D eigenvalue weighted by atomic mass is 79.9. The van der Waals surface area contributed by atoms with Crippen molar-refractivity contribution in [3.63, 3.8) is 0 Å². The minimum atomic E-state index is -1.59. The predicted molar refractivity (Wildman–Crippen MR) is 59.2 cm³/mol. The fourth-order valence-corrected chi connectivity index (χ4v) is 1.67. The molecule has 0 spiro atoms. The molecule has 0 saturated heterocycles. The number of carboxylic acids is 1. The molecule has 1 aromatic carbocycles. The lowest BCUT2D eigenvalue weighted by molar-refractivity contribution is -0.146. The molecular weight excluding hydrogens is 278 g/mol. The third-order valence-electron chi connectivity index (χ3n) is 2.14. The van der Waals surface area contributed by atoms with Crippen LogP contribution >= 0.6 is 15.9 Å². The van der Waals surface area contributed by atoms with Crippen molar-refractivity contribution in [2.75, 3.05) is 0 Å². The van der Waals surface area contributed by atoms with E-state index in [-0.39, 0.29) is 5.56 Å². The number of fused-ring (bicyclic) bond motifs is 1. The van der Waals surface area contributed by atoms with Crippen molar-refractivity contribution in [1.29, 1.82) is 0 Å². The van der Waals surface area contributed by atoms with E-state index in [0.29, 0.717) is 22.3 Å². The van der Waals surface area contributed by atoms with E-state index in [1.165, 1.54) is 6.07 Å². The summed E-state index contributed by atoms with van der Waals surface area (Å²) in [5, 5.41) is 18.7. The molecule has 2 N–H and O–H groups in total. The van der Waals surface area contributed by atoms with E-state index in [1.807, 2.05) is 0 Å². The van der Waals surface area contributed by atoms with Crippen molar-refractivity contribution in [3.8, 4) is 0 Å². The minimum Gasteiger partial charge on any atom is -0.479 e. The molecule has 1 atom stereocenters. The van der Waals surface area contributed by atoms with E-state index in [4.69, 9.17) is 9.52 Å². The first-order valence-electron chi connectivity index (χ1n) is 4.48. The van der Waals surface area contributed by atoms with Crippen molar-refractivity contribution in [2.24, 2.45) is 0 Å². The molecule has 16 heavy (non-hydrogen) atoms. The zero-order valence-corrected chi connectivity index (χ0v) is 9.64. The van der Waals surface area contributed by atoms with Gasteiger partial charge in [-0.25, -0.2) is 9.78 Å². The summed E-state index contributed by atoms with van der Waals surface area (Å²) >= 11 is 3.19. The number of hydrogen-bond donors (Lipinski definition) is 2. The van der Waals surface area contributed by atoms with Gasteiger partial charge in [-0.05, 0) is 6.07 Å². The SMILES string of the molecule is O=C(O)C(O)c1cccc2oc(CBr)nc12. The minimum absolute atomic E-state index is 0.237. The lowest BCUT2D eigenvalue weighted by Gasteiger charge is -2.04. The Morgan fingerprint density at radius 3 is 2.94 bits per heavy atom. The normalized spacial score (nSPS) is 12.9. The first-order valence-corrected chi connectivity index (χ1v) is 5.61. The first kappa shape index (κ1) is 11.1. The molecular formula is C10H8BrNO4. The van der Waals surface area contributed by atoms with Crippen molar-refractivity contribution in [2.45, 2.75) is 11.4 Å². The number of aliphatic hydroxyl groups excluding tert-OH is 1. The second-order valence-electron chi connectivity index (χ2n) is 3.18. The number of aliphatic hydroxyl groups is 1. The molecule has 5 nitrogen and oxygen atoms in total. The summed E-state index contributed by atoms with van der Waals surface area (Å²) in [5.74, 6) is -0.865. The number of aromatic nitrogens is 1. The predicted octanol–water partition coefficient (Wildman–Crippen LogP) is 1.84. The summed E-state index contributed by atoms with van der Waals surface area (Å²) in [4.78, 5) is 14.8. The van der Waals surface area contributed by atoms with Crippen LogP contribution in [0.1, 0.15) is 17.6 Å². The topological polar surface area (TPSA) is 83.6 Å². The molecule has 0 aliphatic heterocycles. The van der Waals surface area contributed by atoms with E-state index in [2.05, 4.69) is 20.9 Å². The van der Waals surface area contributed by atoms with Gasteiger partial charge in [-0.3, -0.25) is 0 Å². The Hall–Kier alpha value is -1.40. The van der Waals surface area contributed by atoms with E-state index in [0.717, 1.165) is 0 Å². The first-order chi connectivity index (χ1) is 7.63. The summed E-state index contributed by atoms with van der Waals surface area (Å²) in [6, 6.07) is 4.81. The van der Waals surface area contributed by atoms with Gasteiger partial charge in [0.25, 0.3) is 0 Å². The molecule has 6 heteroatoms. The van der Waals surface area contributed by atoms with E-state index < -0.39 is 12.1 Å². The van der Waals surface area contributed by atoms with Gasteiger partial charge in [0.2, 0.25) is 5.89 Å². The number of oxazole rings is 1. The van der Waals surface area contributed by atoms with Crippen LogP contribution in [0.25, 0.3) is 11.1 Å². The molecule has 2 rings (SSSR count). The van der Waals surface area contributed by atoms with Gasteiger partial charge in [-0.2, -0.15) is 0 Å². The molecule has 84 valence electrons. The second-order valence-corrected chi connectivity index (χ2v) is 3.74. The van der Waals surface area contributed by atoms with Crippen LogP contribution in [0, 0.1) is 0 Å². The van der Waals surface area contributed by atoms with Crippen LogP contribution in [0.4, 0.5) is 0 Å². The van der Waals surface area contributed by atoms with Crippen LogP contribution in [0.2, 0.25) is 0 Å². The monoisotopic (exact) mass is 285 g/mol. The molecule has 0 aliphatic carbocycles. The van der Waals surface area contributed by atoms with Gasteiger partial charge in [0.1, 0.15) is 5.52 Å². The number of carboxylic acid groups (broad SMARTS) is 1. The largest absolute Gasteiger partial charge is 0.479 e. The fourth-order valence-electron chi connectivity index (χ4n) is 1.43. The average Bonchev–Trinajstić information content (AvgIpc) is 2.70. The van der Waals surface area contributed by atoms with Gasteiger partial charge in [0.15, 0.2) is 11.7 Å². The Kier molecular flexibility index (Phi) is 2.93. The summed E-state index contributed by atoms with van der Waals surface area (Å²) in [6.45, 7) is 0. The maximum Gasteiger partial charge on any atom is 0.337 e. The van der Waals surface area contributed by atoms with Gasteiger partial charge in [-0.15, -0.1) is 0 Å². The number of benzene rings is 1. The summed E-state index contributed by atoms with van der Waals surface area (Å²) in [6.07, 6.45) is -1.59. The third kappa shape index (κ3) is 1.81. The number of alkyl halides is 1. The Balaban J connectivity index is 2.60. The van der Waals surface area contributed by atoms with Crippen LogP contribution < -0.4 is 0 Å². The van der Waals surface area contributed by atoms with Crippen molar-refractivity contribution in [1.82, 2.24) is 4.98 Å². The number of rotatable bonds is 3. The van der Waals surface area contributed by atoms with Crippen LogP contribution in [0.5, 0.6) is 0 Å². The maximum absolute atomic E-state index is 10.7. The smallest absolute Gasteiger partial charge is 0.337 e. The van der Waals surface area contributed by atoms with E-state index in [9.17, 15) is 9.90 Å². The summed E-state index contributed by atoms with van der Waals surface area (Å²) < 4.78 is 5.33. The molecule has 0 bridgehead atoms. The number of halogens is 1. The van der Waals surface area contributed by atoms with Crippen molar-refractivity contribution >= 4 is 33.0 Å². The van der Waals surface area contributed by atoms with Gasteiger partial charge in [-0.1, -0.05) is 28.1 Å². The molecule has 0 saturated carbocycles. The molecule has 2 aromatic rings. The number of para-hydroxylation sites is 1. The quantitative estimate of drug-likeness (QED) is 0.841. The summed E-state index contributed by atoms with van der Waals surface area (Å²) in [5.41, 5.74) is 1.08. The number of nitrogens with zero attached hydrogens (tertiary/aromatic N) is 1. The zero-order chi connectivity index (χ0) is 11.7. The van der Waals surface area contributed by atoms with Gasteiger partial charge in [0.05, 0.1) is 5.33 Å². The van der Waals surface area contributed by atoms with Crippen LogP contribution in [0.3, 0.4) is 0 Å². The fraction of sp³-hybridized carbons (Fsp3) is 0.200. The number of hydrogen-bond acceptors (Lipinski definition) is 4. The standard InChI is InChI=1S/C10H8BrNO4/c11-4-7-12-8-5(9(13)10(14)15)2-1-3-6(8)16-7/h1-3,9,13H,4H2,(H,14,15). The van der Waals surface area contributed by atoms with Crippen LogP contribution in [-0.4, -0.2) is 21.2 Å². The lowest BCUT2D eigenvalue weighted by atomic mass is 10.1. The van der Waals surface area contributed by atoms with Crippen molar-refractivity contribution < 1.29 is 19.4 Å².